The number of aliphatic hydroxyl groups is 1. The Morgan fingerprint density at radius 1 is 2.00 bits per heavy atom. The Labute approximate surface area is 29.2 Å². The second-order valence-electron chi connectivity index (χ2n) is 0.392. The van der Waals surface area contributed by atoms with Gasteiger partial charge in [0.05, 0.1) is 0 Å². The fourth-order valence-corrected chi connectivity index (χ4v) is 0.0304. The number of hydrogen-bond donors (Lipinski definition) is 1. The first kappa shape index (κ1) is 4.43. The standard InChI is InChI=1S/C2H4O3/c3-1-5-2-4/h1,4H,2H2. The van der Waals surface area contributed by atoms with Crippen molar-refractivity contribution in [2.75, 3.05) is 6.79 Å². The normalized spacial score (nSPS) is 6.60. The summed E-state index contributed by atoms with van der Waals surface area (Å²) in [7, 11) is 0. The summed E-state index contributed by atoms with van der Waals surface area (Å²) in [5.41, 5.74) is 0. The fraction of sp³-hybridized carbons (Fsp3) is 0.500. The van der Waals surface area contributed by atoms with Gasteiger partial charge in [0.1, 0.15) is 0 Å². The van der Waals surface area contributed by atoms with Crippen molar-refractivity contribution in [2.45, 2.75) is 0 Å². The van der Waals surface area contributed by atoms with Gasteiger partial charge in [0.25, 0.3) is 6.47 Å². The summed E-state index contributed by atoms with van der Waals surface area (Å²) in [5, 5.41) is 7.61. The van der Waals surface area contributed by atoms with Crippen LogP contribution in [0.4, 0.5) is 0 Å². The van der Waals surface area contributed by atoms with E-state index in [9.17, 15) is 0 Å². The lowest BCUT2D eigenvalue weighted by atomic mass is 11.4. The molecule has 0 unspecified atom stereocenters. The van der Waals surface area contributed by atoms with Crippen molar-refractivity contribution in [3.8, 4) is 0 Å². The topological polar surface area (TPSA) is 46.5 Å². The second-order valence-corrected chi connectivity index (χ2v) is 0.392. The number of carbonyl (C=O) groups excluding carboxylic acids is 1. The number of aliphatic hydroxyl groups excluding tert-OH is 1. The van der Waals surface area contributed by atoms with Crippen LogP contribution in [0.3, 0.4) is 0 Å². The summed E-state index contributed by atoms with van der Waals surface area (Å²) in [6.07, 6.45) is 0. The van der Waals surface area contributed by atoms with E-state index in [1.165, 1.54) is 0 Å². The van der Waals surface area contributed by atoms with Gasteiger partial charge >= 0.3 is 0 Å². The van der Waals surface area contributed by atoms with Gasteiger partial charge in [0.2, 0.25) is 0 Å². The lowest BCUT2D eigenvalue weighted by Crippen LogP contribution is -1.85. The highest BCUT2D eigenvalue weighted by Crippen LogP contribution is 1.49. The first-order valence-electron chi connectivity index (χ1n) is 1.08. The van der Waals surface area contributed by atoms with Gasteiger partial charge in [0, 0.05) is 0 Å². The number of hydrogen-bond acceptors (Lipinski definition) is 3. The van der Waals surface area contributed by atoms with Gasteiger partial charge in [0.15, 0.2) is 6.79 Å². The minimum Gasteiger partial charge on any atom is -0.441 e. The molecular formula is C2H4O3. The minimum atomic E-state index is -0.524. The first-order chi connectivity index (χ1) is 2.41. The zero-order chi connectivity index (χ0) is 4.12. The van der Waals surface area contributed by atoms with Crippen LogP contribution >= 0.6 is 0 Å². The van der Waals surface area contributed by atoms with Crippen molar-refractivity contribution in [2.24, 2.45) is 0 Å². The van der Waals surface area contributed by atoms with E-state index in [1.807, 2.05) is 0 Å². The highest BCUT2D eigenvalue weighted by Gasteiger charge is 1.61. The van der Waals surface area contributed by atoms with Crippen molar-refractivity contribution in [1.82, 2.24) is 0 Å². The molecule has 0 bridgehead atoms. The number of ether oxygens (including phenoxy) is 1. The van der Waals surface area contributed by atoms with Gasteiger partial charge in [-0.05, 0) is 0 Å². The van der Waals surface area contributed by atoms with Gasteiger partial charge < -0.3 is 9.84 Å². The Morgan fingerprint density at radius 3 is 2.60 bits per heavy atom. The Bertz CT molecular complexity index is 26.1. The maximum Gasteiger partial charge on any atom is 0.295 e. The van der Waals surface area contributed by atoms with Crippen LogP contribution in [0.15, 0.2) is 0 Å². The lowest BCUT2D eigenvalue weighted by Gasteiger charge is -1.79. The minimum absolute atomic E-state index is 0.181. The van der Waals surface area contributed by atoms with Gasteiger partial charge in [-0.2, -0.15) is 0 Å². The van der Waals surface area contributed by atoms with Crippen molar-refractivity contribution in [3.05, 3.63) is 0 Å². The molecule has 5 heavy (non-hydrogen) atoms. The molecule has 0 atom stereocenters. The van der Waals surface area contributed by atoms with Crippen LogP contribution in [0.5, 0.6) is 0 Å². The monoisotopic (exact) mass is 76.0 g/mol. The molecule has 0 saturated heterocycles. The van der Waals surface area contributed by atoms with E-state index < -0.39 is 6.79 Å². The third kappa shape index (κ3) is 3.43. The Morgan fingerprint density at radius 2 is 2.60 bits per heavy atom. The predicted molar refractivity (Wildman–Crippen MR) is 14.2 cm³/mol. The van der Waals surface area contributed by atoms with Crippen LogP contribution < -0.4 is 0 Å². The van der Waals surface area contributed by atoms with Crippen LogP contribution in [0.25, 0.3) is 0 Å². The van der Waals surface area contributed by atoms with Crippen LogP contribution in [0.2, 0.25) is 0 Å². The molecule has 0 heterocycles. The fourth-order valence-electron chi connectivity index (χ4n) is 0.0304. The summed E-state index contributed by atoms with van der Waals surface area (Å²) >= 11 is 0. The molecule has 0 aliphatic carbocycles. The van der Waals surface area contributed by atoms with Gasteiger partial charge in [-0.1, -0.05) is 0 Å². The molecule has 3 nitrogen and oxygen atoms in total. The highest BCUT2D eigenvalue weighted by atomic mass is 16.6. The molecule has 0 aromatic rings. The van der Waals surface area contributed by atoms with Crippen LogP contribution in [0.1, 0.15) is 0 Å². The molecule has 30 valence electrons. The predicted octanol–water partition coefficient (Wildman–Crippen LogP) is -0.891. The molecule has 3 heteroatoms. The largest absolute Gasteiger partial charge is 0.441 e. The van der Waals surface area contributed by atoms with Crippen molar-refractivity contribution >= 4 is 6.47 Å². The third-order valence-electron chi connectivity index (χ3n) is 0.143. The summed E-state index contributed by atoms with van der Waals surface area (Å²) in [5.74, 6) is 0. The summed E-state index contributed by atoms with van der Waals surface area (Å²) < 4.78 is 3.71. The van der Waals surface area contributed by atoms with Crippen LogP contribution in [0, 0.1) is 0 Å². The molecule has 0 aliphatic rings. The Hall–Kier alpha value is -0.570. The third-order valence-corrected chi connectivity index (χ3v) is 0.143. The average molecular weight is 76.1 g/mol. The lowest BCUT2D eigenvalue weighted by molar-refractivity contribution is -0.136. The van der Waals surface area contributed by atoms with Gasteiger partial charge in [-0.25, -0.2) is 0 Å². The average Bonchev–Trinajstić information content (AvgIpc) is 1.41. The summed E-state index contributed by atoms with van der Waals surface area (Å²) in [6, 6.07) is 0. The SMILES string of the molecule is O=COCO. The Kier molecular flexibility index (Phi) is 3.04. The van der Waals surface area contributed by atoms with Gasteiger partial charge in [-0.3, -0.25) is 4.79 Å². The first-order valence-corrected chi connectivity index (χ1v) is 1.08. The highest BCUT2D eigenvalue weighted by molar-refractivity contribution is 5.36. The van der Waals surface area contributed by atoms with E-state index >= 15 is 0 Å². The number of carbonyl (C=O) groups is 1. The zero-order valence-corrected chi connectivity index (χ0v) is 2.55. The molecule has 0 fully saturated rings. The molecule has 0 radical (unpaired) electrons. The van der Waals surface area contributed by atoms with E-state index in [4.69, 9.17) is 9.90 Å². The van der Waals surface area contributed by atoms with Crippen molar-refractivity contribution in [1.29, 1.82) is 0 Å². The summed E-state index contributed by atoms with van der Waals surface area (Å²) in [6.45, 7) is -0.344. The molecule has 0 aromatic heterocycles. The smallest absolute Gasteiger partial charge is 0.295 e. The van der Waals surface area contributed by atoms with Crippen LogP contribution in [-0.4, -0.2) is 18.4 Å². The molecule has 1 N–H and O–H groups in total. The molecule has 0 aromatic carbocycles. The van der Waals surface area contributed by atoms with E-state index in [1.54, 1.807) is 0 Å². The van der Waals surface area contributed by atoms with Crippen LogP contribution in [-0.2, 0) is 9.53 Å². The Balaban J connectivity index is 2.40. The van der Waals surface area contributed by atoms with E-state index in [2.05, 4.69) is 4.74 Å². The van der Waals surface area contributed by atoms with E-state index in [0.29, 0.717) is 0 Å². The molecule has 0 rings (SSSR count). The maximum absolute atomic E-state index is 9.02. The van der Waals surface area contributed by atoms with E-state index in [-0.39, 0.29) is 6.47 Å². The molecule has 0 aliphatic heterocycles. The quantitative estimate of drug-likeness (QED) is 0.343. The van der Waals surface area contributed by atoms with E-state index in [0.717, 1.165) is 0 Å². The second kappa shape index (κ2) is 3.43. The summed E-state index contributed by atoms with van der Waals surface area (Å²) in [4.78, 5) is 9.02. The molecule has 0 amide bonds. The number of rotatable bonds is 2. The maximum atomic E-state index is 9.02. The molecule has 0 saturated carbocycles. The van der Waals surface area contributed by atoms with Gasteiger partial charge in [-0.15, -0.1) is 0 Å². The van der Waals surface area contributed by atoms with Crippen molar-refractivity contribution in [3.63, 3.8) is 0 Å². The molecule has 0 spiro atoms. The zero-order valence-electron chi connectivity index (χ0n) is 2.55. The van der Waals surface area contributed by atoms with Crippen molar-refractivity contribution < 1.29 is 14.6 Å². The molecular weight excluding hydrogens is 72.0 g/mol.